The van der Waals surface area contributed by atoms with E-state index in [1.807, 2.05) is 0 Å². The lowest BCUT2D eigenvalue weighted by atomic mass is 10.0. The monoisotopic (exact) mass is 316 g/mol. The molecule has 0 spiro atoms. The van der Waals surface area contributed by atoms with Crippen LogP contribution >= 0.6 is 0 Å². The van der Waals surface area contributed by atoms with E-state index in [9.17, 15) is 13.2 Å². The summed E-state index contributed by atoms with van der Waals surface area (Å²) in [5.41, 5.74) is 0. The van der Waals surface area contributed by atoms with Gasteiger partial charge in [0.15, 0.2) is 15.6 Å². The quantitative estimate of drug-likeness (QED) is 0.791. The van der Waals surface area contributed by atoms with Crippen molar-refractivity contribution in [1.82, 2.24) is 10.2 Å². The van der Waals surface area contributed by atoms with Crippen LogP contribution in [-0.2, 0) is 14.6 Å². The van der Waals surface area contributed by atoms with Gasteiger partial charge in [0.1, 0.15) is 0 Å². The number of hydrogen-bond donors (Lipinski definition) is 1. The zero-order valence-electron chi connectivity index (χ0n) is 13.2. The van der Waals surface area contributed by atoms with Crippen molar-refractivity contribution in [3.05, 3.63) is 0 Å². The molecule has 0 aromatic rings. The van der Waals surface area contributed by atoms with Crippen LogP contribution in [0.1, 0.15) is 46.0 Å². The summed E-state index contributed by atoms with van der Waals surface area (Å²) in [6.07, 6.45) is 4.30. The van der Waals surface area contributed by atoms with Crippen LogP contribution in [0.5, 0.6) is 0 Å². The molecule has 2 saturated heterocycles. The maximum absolute atomic E-state index is 12.4. The summed E-state index contributed by atoms with van der Waals surface area (Å²) < 4.78 is 23.7. The molecule has 6 heteroatoms. The zero-order valence-corrected chi connectivity index (χ0v) is 14.0. The predicted molar refractivity (Wildman–Crippen MR) is 84.2 cm³/mol. The van der Waals surface area contributed by atoms with Crippen LogP contribution in [0.4, 0.5) is 0 Å². The highest BCUT2D eigenvalue weighted by atomic mass is 32.2. The fourth-order valence-electron chi connectivity index (χ4n) is 3.36. The van der Waals surface area contributed by atoms with Crippen LogP contribution in [0.15, 0.2) is 0 Å². The topological polar surface area (TPSA) is 66.5 Å². The van der Waals surface area contributed by atoms with Gasteiger partial charge in [-0.1, -0.05) is 0 Å². The van der Waals surface area contributed by atoms with Gasteiger partial charge in [0.25, 0.3) is 0 Å². The Bertz CT molecular complexity index is 456. The maximum Gasteiger partial charge on any atom is 0.153 e. The first kappa shape index (κ1) is 16.9. The summed E-state index contributed by atoms with van der Waals surface area (Å²) >= 11 is 0. The Kier molecular flexibility index (Phi) is 5.80. The lowest BCUT2D eigenvalue weighted by Gasteiger charge is -2.35. The molecule has 2 heterocycles. The molecule has 21 heavy (non-hydrogen) atoms. The van der Waals surface area contributed by atoms with Crippen molar-refractivity contribution in [2.75, 3.05) is 25.4 Å². The molecule has 2 aliphatic rings. The summed E-state index contributed by atoms with van der Waals surface area (Å²) in [5.74, 6) is 0.121. The van der Waals surface area contributed by atoms with E-state index in [4.69, 9.17) is 0 Å². The van der Waals surface area contributed by atoms with Crippen molar-refractivity contribution in [1.29, 1.82) is 0 Å². The van der Waals surface area contributed by atoms with E-state index < -0.39 is 15.1 Å². The third-order valence-electron chi connectivity index (χ3n) is 4.79. The molecule has 5 nitrogen and oxygen atoms in total. The van der Waals surface area contributed by atoms with Gasteiger partial charge in [-0.05, 0) is 59.2 Å². The number of carbonyl (C=O) groups excluding carboxylic acids is 1. The lowest BCUT2D eigenvalue weighted by molar-refractivity contribution is -0.123. The van der Waals surface area contributed by atoms with Gasteiger partial charge in [0.05, 0.1) is 17.0 Å². The van der Waals surface area contributed by atoms with Crippen LogP contribution in [0.3, 0.4) is 0 Å². The van der Waals surface area contributed by atoms with Crippen molar-refractivity contribution in [2.24, 2.45) is 0 Å². The Labute approximate surface area is 128 Å². The number of rotatable bonds is 6. The van der Waals surface area contributed by atoms with E-state index in [0.717, 1.165) is 45.3 Å². The molecule has 0 radical (unpaired) electrons. The minimum atomic E-state index is -3.11. The second-order valence-electron chi connectivity index (χ2n) is 6.51. The molecular formula is C15H28N2O3S. The van der Waals surface area contributed by atoms with Gasteiger partial charge < -0.3 is 5.32 Å². The summed E-state index contributed by atoms with van der Waals surface area (Å²) in [5, 5.41) is 2.95. The number of likely N-dealkylation sites (tertiary alicyclic amines) is 1. The standard InChI is InChI=1S/C15H28N2O3S/c1-12(2)21(19,20)11-7-15(18)14-4-3-10-17(14)13-5-8-16-9-6-13/h12-14,16H,3-11H2,1-2H3. The summed E-state index contributed by atoms with van der Waals surface area (Å²) in [6.45, 7) is 6.37. The Morgan fingerprint density at radius 1 is 1.24 bits per heavy atom. The Morgan fingerprint density at radius 2 is 1.90 bits per heavy atom. The average Bonchev–Trinajstić information content (AvgIpc) is 2.95. The number of ketones is 1. The number of hydrogen-bond acceptors (Lipinski definition) is 5. The molecular weight excluding hydrogens is 288 g/mol. The summed E-state index contributed by atoms with van der Waals surface area (Å²) in [6, 6.07) is 0.444. The molecule has 122 valence electrons. The lowest BCUT2D eigenvalue weighted by Crippen LogP contribution is -2.48. The van der Waals surface area contributed by atoms with E-state index in [1.54, 1.807) is 13.8 Å². The van der Waals surface area contributed by atoms with E-state index >= 15 is 0 Å². The van der Waals surface area contributed by atoms with Crippen LogP contribution in [-0.4, -0.2) is 61.8 Å². The van der Waals surface area contributed by atoms with E-state index in [1.165, 1.54) is 0 Å². The largest absolute Gasteiger partial charge is 0.317 e. The highest BCUT2D eigenvalue weighted by molar-refractivity contribution is 7.91. The average molecular weight is 316 g/mol. The molecule has 0 aromatic carbocycles. The molecule has 1 N–H and O–H groups in total. The van der Waals surface area contributed by atoms with Gasteiger partial charge >= 0.3 is 0 Å². The molecule has 0 aliphatic carbocycles. The highest BCUT2D eigenvalue weighted by Gasteiger charge is 2.35. The first-order chi connectivity index (χ1) is 9.92. The fourth-order valence-corrected chi connectivity index (χ4v) is 4.31. The second-order valence-corrected chi connectivity index (χ2v) is 9.19. The number of nitrogens with zero attached hydrogens (tertiary/aromatic N) is 1. The van der Waals surface area contributed by atoms with Gasteiger partial charge in [0.2, 0.25) is 0 Å². The zero-order chi connectivity index (χ0) is 15.5. The van der Waals surface area contributed by atoms with E-state index in [-0.39, 0.29) is 24.0 Å². The van der Waals surface area contributed by atoms with Gasteiger partial charge in [-0.2, -0.15) is 0 Å². The van der Waals surface area contributed by atoms with Gasteiger partial charge in [-0.3, -0.25) is 9.69 Å². The Morgan fingerprint density at radius 3 is 2.52 bits per heavy atom. The van der Waals surface area contributed by atoms with Gasteiger partial charge in [-0.15, -0.1) is 0 Å². The number of carbonyl (C=O) groups is 1. The minimum absolute atomic E-state index is 0.0000617. The number of Topliss-reactive ketones (excluding diaryl/α,β-unsaturated/α-hetero) is 1. The van der Waals surface area contributed by atoms with Crippen molar-refractivity contribution < 1.29 is 13.2 Å². The summed E-state index contributed by atoms with van der Waals surface area (Å²) in [7, 11) is -3.11. The normalized spacial score (nSPS) is 25.6. The van der Waals surface area contributed by atoms with Crippen molar-refractivity contribution in [2.45, 2.75) is 63.3 Å². The number of nitrogens with one attached hydrogen (secondary N) is 1. The predicted octanol–water partition coefficient (Wildman–Crippen LogP) is 0.985. The first-order valence-electron chi connectivity index (χ1n) is 8.12. The van der Waals surface area contributed by atoms with Crippen molar-refractivity contribution in [3.8, 4) is 0 Å². The number of piperidine rings is 1. The third-order valence-corrected chi connectivity index (χ3v) is 7.00. The highest BCUT2D eigenvalue weighted by Crippen LogP contribution is 2.25. The molecule has 1 atom stereocenters. The first-order valence-corrected chi connectivity index (χ1v) is 9.84. The molecule has 0 bridgehead atoms. The fraction of sp³-hybridized carbons (Fsp3) is 0.933. The van der Waals surface area contributed by atoms with Gasteiger partial charge in [0, 0.05) is 12.5 Å². The molecule has 1 unspecified atom stereocenters. The molecule has 2 rings (SSSR count). The Hall–Kier alpha value is -0.460. The summed E-state index contributed by atoms with van der Waals surface area (Å²) in [4.78, 5) is 14.8. The minimum Gasteiger partial charge on any atom is -0.317 e. The van der Waals surface area contributed by atoms with Crippen molar-refractivity contribution >= 4 is 15.6 Å². The van der Waals surface area contributed by atoms with Crippen LogP contribution in [0, 0.1) is 0 Å². The number of sulfone groups is 1. The molecule has 0 amide bonds. The van der Waals surface area contributed by atoms with E-state index in [2.05, 4.69) is 10.2 Å². The van der Waals surface area contributed by atoms with Crippen LogP contribution < -0.4 is 5.32 Å². The Balaban J connectivity index is 1.91. The smallest absolute Gasteiger partial charge is 0.153 e. The molecule has 0 saturated carbocycles. The maximum atomic E-state index is 12.4. The molecule has 2 aliphatic heterocycles. The van der Waals surface area contributed by atoms with Gasteiger partial charge in [-0.25, -0.2) is 8.42 Å². The van der Waals surface area contributed by atoms with Crippen LogP contribution in [0.25, 0.3) is 0 Å². The van der Waals surface area contributed by atoms with E-state index in [0.29, 0.717) is 6.04 Å². The van der Waals surface area contributed by atoms with Crippen LogP contribution in [0.2, 0.25) is 0 Å². The second kappa shape index (κ2) is 7.20. The molecule has 0 aromatic heterocycles. The van der Waals surface area contributed by atoms with Crippen molar-refractivity contribution in [3.63, 3.8) is 0 Å². The third kappa shape index (κ3) is 4.27. The molecule has 2 fully saturated rings. The SMILES string of the molecule is CC(C)S(=O)(=O)CCC(=O)C1CCCN1C1CCNCC1.